The van der Waals surface area contributed by atoms with Crippen LogP contribution in [0.1, 0.15) is 72.2 Å². The minimum absolute atomic E-state index is 0.00497. The predicted molar refractivity (Wildman–Crippen MR) is 131 cm³/mol. The van der Waals surface area contributed by atoms with Gasteiger partial charge in [0.2, 0.25) is 11.6 Å². The highest BCUT2D eigenvalue weighted by Crippen LogP contribution is 2.31. The summed E-state index contributed by atoms with van der Waals surface area (Å²) >= 11 is 0. The van der Waals surface area contributed by atoms with E-state index in [1.807, 2.05) is 10.7 Å². The number of rotatable bonds is 7. The van der Waals surface area contributed by atoms with E-state index in [0.29, 0.717) is 42.8 Å². The first-order valence-electron chi connectivity index (χ1n) is 12.6. The van der Waals surface area contributed by atoms with Gasteiger partial charge >= 0.3 is 5.82 Å². The fourth-order valence-corrected chi connectivity index (χ4v) is 4.85. The Hall–Kier alpha value is -3.35. The van der Waals surface area contributed by atoms with E-state index in [-0.39, 0.29) is 12.3 Å². The van der Waals surface area contributed by atoms with E-state index in [2.05, 4.69) is 43.5 Å². The number of fused-ring (bicyclic) bond motifs is 2. The smallest absolute Gasteiger partial charge is 0.315 e. The van der Waals surface area contributed by atoms with Crippen LogP contribution in [0.3, 0.4) is 0 Å². The average Bonchev–Trinajstić information content (AvgIpc) is 3.01. The third-order valence-electron chi connectivity index (χ3n) is 6.74. The van der Waals surface area contributed by atoms with Gasteiger partial charge < -0.3 is 14.2 Å². The summed E-state index contributed by atoms with van der Waals surface area (Å²) in [4.78, 5) is 13.2. The summed E-state index contributed by atoms with van der Waals surface area (Å²) in [6.07, 6.45) is 4.28. The van der Waals surface area contributed by atoms with E-state index < -0.39 is 0 Å². The molecular formula is C28H34N3O4+. The summed E-state index contributed by atoms with van der Waals surface area (Å²) in [5.41, 5.74) is 2.97. The van der Waals surface area contributed by atoms with Crippen LogP contribution in [0, 0.1) is 6.92 Å². The Balaban J connectivity index is 1.39. The third-order valence-corrected chi connectivity index (χ3v) is 6.74. The molecular weight excluding hydrogens is 442 g/mol. The molecule has 0 N–H and O–H groups in total. The van der Waals surface area contributed by atoms with Crippen molar-refractivity contribution in [2.45, 2.75) is 72.1 Å². The highest BCUT2D eigenvalue weighted by Gasteiger charge is 2.29. The van der Waals surface area contributed by atoms with E-state index in [4.69, 9.17) is 19.3 Å². The van der Waals surface area contributed by atoms with Crippen molar-refractivity contribution in [2.24, 2.45) is 0 Å². The molecule has 5 rings (SSSR count). The van der Waals surface area contributed by atoms with Gasteiger partial charge in [0.25, 0.3) is 0 Å². The van der Waals surface area contributed by atoms with Crippen LogP contribution < -0.4 is 18.8 Å². The van der Waals surface area contributed by atoms with Crippen LogP contribution in [0.2, 0.25) is 0 Å². The van der Waals surface area contributed by atoms with Gasteiger partial charge in [0.05, 0.1) is 6.54 Å². The number of hydrogen-bond acceptors (Lipinski definition) is 5. The van der Waals surface area contributed by atoms with Crippen LogP contribution >= 0.6 is 0 Å². The normalized spacial score (nSPS) is 15.0. The molecule has 7 nitrogen and oxygen atoms in total. The quantitative estimate of drug-likeness (QED) is 0.369. The third kappa shape index (κ3) is 5.04. The highest BCUT2D eigenvalue weighted by molar-refractivity contribution is 5.96. The lowest BCUT2D eigenvalue weighted by atomic mass is 10.0. The molecule has 0 spiro atoms. The fourth-order valence-electron chi connectivity index (χ4n) is 4.85. The SMILES string of the molecule is Cc1ccc(C(C)C)c(OCc2nn(CC(=O)c3ccc4c(c3)OCCO4)c3[n+]2CCCCC3)c1. The van der Waals surface area contributed by atoms with Gasteiger partial charge in [0.1, 0.15) is 19.0 Å². The minimum Gasteiger partial charge on any atom is -0.486 e. The van der Waals surface area contributed by atoms with Crippen LogP contribution in [0.25, 0.3) is 0 Å². The van der Waals surface area contributed by atoms with Gasteiger partial charge in [-0.15, -0.1) is 4.68 Å². The number of ether oxygens (including phenoxy) is 3. The van der Waals surface area contributed by atoms with E-state index in [1.54, 1.807) is 12.1 Å². The molecule has 0 fully saturated rings. The number of benzene rings is 2. The van der Waals surface area contributed by atoms with Crippen molar-refractivity contribution >= 4 is 5.78 Å². The lowest BCUT2D eigenvalue weighted by molar-refractivity contribution is -0.712. The lowest BCUT2D eigenvalue weighted by Crippen LogP contribution is -2.41. The first kappa shape index (κ1) is 23.4. The first-order chi connectivity index (χ1) is 17.0. The first-order valence-corrected chi connectivity index (χ1v) is 12.6. The number of nitrogens with zero attached hydrogens (tertiary/aromatic N) is 3. The molecule has 184 valence electrons. The lowest BCUT2D eigenvalue weighted by Gasteiger charge is -2.18. The Morgan fingerprint density at radius 3 is 2.74 bits per heavy atom. The molecule has 0 aliphatic carbocycles. The predicted octanol–water partition coefficient (Wildman–Crippen LogP) is 4.56. The van der Waals surface area contributed by atoms with Crippen LogP contribution in [0.4, 0.5) is 0 Å². The summed E-state index contributed by atoms with van der Waals surface area (Å²) in [6.45, 7) is 8.93. The molecule has 0 unspecified atom stereocenters. The van der Waals surface area contributed by atoms with Crippen molar-refractivity contribution in [3.8, 4) is 17.2 Å². The standard InChI is InChI=1S/C28H34N3O4/c1-19(2)22-10-8-20(3)15-25(22)35-18-27-29-31(28-7-5-4-6-12-30(27)28)17-23(32)21-9-11-24-26(16-21)34-14-13-33-24/h8-11,15-16,19H,4-7,12-14,17-18H2,1-3H3/q+1. The molecule has 1 aromatic heterocycles. The van der Waals surface area contributed by atoms with Crippen LogP contribution in [-0.2, 0) is 26.1 Å². The molecule has 0 saturated carbocycles. The zero-order valence-corrected chi connectivity index (χ0v) is 20.9. The van der Waals surface area contributed by atoms with Crippen molar-refractivity contribution in [1.29, 1.82) is 0 Å². The number of aryl methyl sites for hydroxylation is 1. The Morgan fingerprint density at radius 1 is 1.09 bits per heavy atom. The summed E-state index contributed by atoms with van der Waals surface area (Å²) in [7, 11) is 0. The van der Waals surface area contributed by atoms with E-state index in [1.165, 1.54) is 17.5 Å². The van der Waals surface area contributed by atoms with Gasteiger partial charge in [-0.05, 0) is 67.5 Å². The number of Topliss-reactive ketones (excluding diaryl/α,β-unsaturated/α-hetero) is 1. The number of ketones is 1. The Kier molecular flexibility index (Phi) is 6.75. The molecule has 3 heterocycles. The maximum Gasteiger partial charge on any atom is 0.315 e. The van der Waals surface area contributed by atoms with Crippen LogP contribution in [0.5, 0.6) is 17.2 Å². The fraction of sp³-hybridized carbons (Fsp3) is 0.464. The van der Waals surface area contributed by atoms with Gasteiger partial charge in [0.15, 0.2) is 24.7 Å². The number of hydrogen-bond donors (Lipinski definition) is 0. The van der Waals surface area contributed by atoms with Crippen LogP contribution in [0.15, 0.2) is 36.4 Å². The highest BCUT2D eigenvalue weighted by atomic mass is 16.6. The second kappa shape index (κ2) is 10.1. The summed E-state index contributed by atoms with van der Waals surface area (Å²) in [5.74, 6) is 4.57. The molecule has 0 bridgehead atoms. The summed E-state index contributed by atoms with van der Waals surface area (Å²) in [6, 6.07) is 11.8. The Bertz CT molecular complexity index is 1230. The molecule has 0 atom stereocenters. The number of aromatic nitrogens is 3. The van der Waals surface area contributed by atoms with Crippen molar-refractivity contribution in [1.82, 2.24) is 9.78 Å². The van der Waals surface area contributed by atoms with E-state index >= 15 is 0 Å². The van der Waals surface area contributed by atoms with Crippen molar-refractivity contribution in [2.75, 3.05) is 13.2 Å². The molecule has 0 amide bonds. The zero-order chi connectivity index (χ0) is 24.4. The molecule has 2 aliphatic heterocycles. The van der Waals surface area contributed by atoms with Crippen molar-refractivity contribution in [3.05, 3.63) is 64.7 Å². The molecule has 0 saturated heterocycles. The van der Waals surface area contributed by atoms with Gasteiger partial charge in [-0.25, -0.2) is 4.57 Å². The second-order valence-electron chi connectivity index (χ2n) is 9.72. The van der Waals surface area contributed by atoms with Crippen molar-refractivity contribution < 1.29 is 23.6 Å². The average molecular weight is 477 g/mol. The van der Waals surface area contributed by atoms with Gasteiger partial charge in [-0.1, -0.05) is 26.0 Å². The second-order valence-corrected chi connectivity index (χ2v) is 9.72. The number of carbonyl (C=O) groups is 1. The maximum absolute atomic E-state index is 13.2. The monoisotopic (exact) mass is 476 g/mol. The van der Waals surface area contributed by atoms with Gasteiger partial charge in [-0.2, -0.15) is 0 Å². The minimum atomic E-state index is 0.00497. The molecule has 35 heavy (non-hydrogen) atoms. The molecule has 2 aliphatic rings. The molecule has 0 radical (unpaired) electrons. The van der Waals surface area contributed by atoms with E-state index in [9.17, 15) is 4.79 Å². The Labute approximate surface area is 206 Å². The molecule has 3 aromatic rings. The zero-order valence-electron chi connectivity index (χ0n) is 20.9. The van der Waals surface area contributed by atoms with E-state index in [0.717, 1.165) is 43.2 Å². The number of carbonyl (C=O) groups excluding carboxylic acids is 1. The summed E-state index contributed by atoms with van der Waals surface area (Å²) < 4.78 is 21.7. The van der Waals surface area contributed by atoms with Gasteiger partial charge in [-0.3, -0.25) is 4.79 Å². The Morgan fingerprint density at radius 2 is 1.91 bits per heavy atom. The maximum atomic E-state index is 13.2. The largest absolute Gasteiger partial charge is 0.486 e. The van der Waals surface area contributed by atoms with Crippen LogP contribution in [-0.4, -0.2) is 28.8 Å². The van der Waals surface area contributed by atoms with Gasteiger partial charge in [0, 0.05) is 17.1 Å². The molecule has 7 heteroatoms. The molecule has 2 aromatic carbocycles. The topological polar surface area (TPSA) is 66.5 Å². The summed E-state index contributed by atoms with van der Waals surface area (Å²) in [5, 5.41) is 4.88. The van der Waals surface area contributed by atoms with Crippen molar-refractivity contribution in [3.63, 3.8) is 0 Å².